The first-order valence-electron chi connectivity index (χ1n) is 8.79. The third-order valence-corrected chi connectivity index (χ3v) is 4.68. The van der Waals surface area contributed by atoms with Gasteiger partial charge < -0.3 is 10.2 Å². The first-order chi connectivity index (χ1) is 12.0. The minimum absolute atomic E-state index is 0.207. The van der Waals surface area contributed by atoms with Gasteiger partial charge in [0.2, 0.25) is 5.91 Å². The van der Waals surface area contributed by atoms with Crippen LogP contribution in [0.1, 0.15) is 11.1 Å². The Kier molecular flexibility index (Phi) is 5.50. The molecule has 134 valence electrons. The zero-order valence-corrected chi connectivity index (χ0v) is 15.3. The Morgan fingerprint density at radius 3 is 2.72 bits per heavy atom. The molecule has 2 heterocycles. The number of benzene rings is 1. The van der Waals surface area contributed by atoms with Gasteiger partial charge in [0.25, 0.3) is 0 Å². The van der Waals surface area contributed by atoms with Crippen LogP contribution in [-0.2, 0) is 18.4 Å². The lowest BCUT2D eigenvalue weighted by molar-refractivity contribution is -0.132. The number of carbonyl (C=O) groups is 1. The van der Waals surface area contributed by atoms with E-state index in [9.17, 15) is 4.79 Å². The van der Waals surface area contributed by atoms with Gasteiger partial charge >= 0.3 is 0 Å². The molecule has 1 fully saturated rings. The molecule has 0 radical (unpaired) electrons. The van der Waals surface area contributed by atoms with Crippen LogP contribution >= 0.6 is 0 Å². The molecule has 1 saturated heterocycles. The maximum absolute atomic E-state index is 12.5. The quantitative estimate of drug-likeness (QED) is 0.890. The van der Waals surface area contributed by atoms with E-state index in [1.165, 1.54) is 16.7 Å². The van der Waals surface area contributed by atoms with Gasteiger partial charge in [0.15, 0.2) is 0 Å². The molecular formula is C19H27N5O. The Balaban J connectivity index is 1.72. The molecule has 0 unspecified atom stereocenters. The second kappa shape index (κ2) is 7.80. The van der Waals surface area contributed by atoms with Crippen LogP contribution in [0, 0.1) is 6.92 Å². The lowest BCUT2D eigenvalue weighted by Gasteiger charge is -2.29. The molecule has 2 aromatic rings. The number of hydrogen-bond acceptors (Lipinski definition) is 4. The predicted molar refractivity (Wildman–Crippen MR) is 99.2 cm³/mol. The van der Waals surface area contributed by atoms with Gasteiger partial charge in [0, 0.05) is 51.5 Å². The Labute approximate surface area is 149 Å². The standard InChI is InChI=1S/C19H27N5O/c1-15-4-5-16(17(12-15)18-6-7-21-23(18)3)13-22(2)14-19(25)24-10-8-20-9-11-24/h4-7,12,20H,8-11,13-14H2,1-3H3. The number of aryl methyl sites for hydroxylation is 2. The molecule has 0 saturated carbocycles. The maximum Gasteiger partial charge on any atom is 0.236 e. The molecular weight excluding hydrogens is 314 g/mol. The van der Waals surface area contributed by atoms with E-state index in [1.54, 1.807) is 0 Å². The first-order valence-corrected chi connectivity index (χ1v) is 8.79. The Hall–Kier alpha value is -2.18. The number of aromatic nitrogens is 2. The van der Waals surface area contributed by atoms with Crippen LogP contribution in [0.5, 0.6) is 0 Å². The molecule has 0 atom stereocenters. The average molecular weight is 341 g/mol. The van der Waals surface area contributed by atoms with Crippen molar-refractivity contribution in [3.63, 3.8) is 0 Å². The first kappa shape index (κ1) is 17.6. The molecule has 6 nitrogen and oxygen atoms in total. The smallest absolute Gasteiger partial charge is 0.236 e. The van der Waals surface area contributed by atoms with Crippen LogP contribution in [0.2, 0.25) is 0 Å². The lowest BCUT2D eigenvalue weighted by Crippen LogP contribution is -2.49. The third kappa shape index (κ3) is 4.27. The summed E-state index contributed by atoms with van der Waals surface area (Å²) in [5.41, 5.74) is 4.71. The molecule has 1 aliphatic heterocycles. The van der Waals surface area contributed by atoms with Crippen LogP contribution in [0.4, 0.5) is 0 Å². The van der Waals surface area contributed by atoms with Crippen molar-refractivity contribution in [3.05, 3.63) is 41.6 Å². The van der Waals surface area contributed by atoms with E-state index >= 15 is 0 Å². The number of hydrogen-bond donors (Lipinski definition) is 1. The number of nitrogens with one attached hydrogen (secondary N) is 1. The van der Waals surface area contributed by atoms with E-state index in [-0.39, 0.29) is 5.91 Å². The Morgan fingerprint density at radius 1 is 1.28 bits per heavy atom. The zero-order chi connectivity index (χ0) is 17.8. The van der Waals surface area contributed by atoms with Crippen molar-refractivity contribution < 1.29 is 4.79 Å². The zero-order valence-electron chi connectivity index (χ0n) is 15.3. The fraction of sp³-hybridized carbons (Fsp3) is 0.474. The maximum atomic E-state index is 12.5. The minimum Gasteiger partial charge on any atom is -0.339 e. The van der Waals surface area contributed by atoms with Crippen molar-refractivity contribution in [2.45, 2.75) is 13.5 Å². The highest BCUT2D eigenvalue weighted by Crippen LogP contribution is 2.25. The van der Waals surface area contributed by atoms with Gasteiger partial charge in [-0.25, -0.2) is 0 Å². The number of rotatable bonds is 5. The van der Waals surface area contributed by atoms with Gasteiger partial charge in [-0.05, 0) is 31.7 Å². The molecule has 3 rings (SSSR count). The van der Waals surface area contributed by atoms with Gasteiger partial charge in [0.05, 0.1) is 12.2 Å². The highest BCUT2D eigenvalue weighted by atomic mass is 16.2. The molecule has 0 bridgehead atoms. The Bertz CT molecular complexity index is 733. The molecule has 25 heavy (non-hydrogen) atoms. The van der Waals surface area contributed by atoms with E-state index < -0.39 is 0 Å². The average Bonchev–Trinajstić information content (AvgIpc) is 3.03. The van der Waals surface area contributed by atoms with Crippen LogP contribution in [0.25, 0.3) is 11.3 Å². The van der Waals surface area contributed by atoms with Gasteiger partial charge in [-0.2, -0.15) is 5.10 Å². The number of carbonyl (C=O) groups excluding carboxylic acids is 1. The monoisotopic (exact) mass is 341 g/mol. The largest absolute Gasteiger partial charge is 0.339 e. The van der Waals surface area contributed by atoms with Gasteiger partial charge in [0.1, 0.15) is 0 Å². The summed E-state index contributed by atoms with van der Waals surface area (Å²) in [5.74, 6) is 0.207. The van der Waals surface area contributed by atoms with E-state index in [0.717, 1.165) is 38.4 Å². The van der Waals surface area contributed by atoms with E-state index in [2.05, 4.69) is 40.4 Å². The normalized spacial score (nSPS) is 15.0. The van der Waals surface area contributed by atoms with Crippen molar-refractivity contribution in [3.8, 4) is 11.3 Å². The fourth-order valence-electron chi connectivity index (χ4n) is 3.30. The van der Waals surface area contributed by atoms with Crippen molar-refractivity contribution in [2.75, 3.05) is 39.8 Å². The summed E-state index contributed by atoms with van der Waals surface area (Å²) in [6.45, 7) is 6.66. The van der Waals surface area contributed by atoms with E-state index in [0.29, 0.717) is 6.54 Å². The van der Waals surface area contributed by atoms with Crippen molar-refractivity contribution in [2.24, 2.45) is 7.05 Å². The SMILES string of the molecule is Cc1ccc(CN(C)CC(=O)N2CCNCC2)c(-c2ccnn2C)c1. The van der Waals surface area contributed by atoms with Crippen molar-refractivity contribution in [1.82, 2.24) is 24.9 Å². The summed E-state index contributed by atoms with van der Waals surface area (Å²) < 4.78 is 1.89. The number of nitrogens with zero attached hydrogens (tertiary/aromatic N) is 4. The summed E-state index contributed by atoms with van der Waals surface area (Å²) >= 11 is 0. The summed E-state index contributed by atoms with van der Waals surface area (Å²) in [5, 5.41) is 7.57. The molecule has 6 heteroatoms. The van der Waals surface area contributed by atoms with Gasteiger partial charge in [-0.3, -0.25) is 14.4 Å². The van der Waals surface area contributed by atoms with Crippen LogP contribution in [-0.4, -0.2) is 65.3 Å². The van der Waals surface area contributed by atoms with Gasteiger partial charge in [-0.1, -0.05) is 17.7 Å². The second-order valence-electron chi connectivity index (χ2n) is 6.80. The summed E-state index contributed by atoms with van der Waals surface area (Å²) in [6, 6.07) is 8.51. The van der Waals surface area contributed by atoms with Crippen LogP contribution < -0.4 is 5.32 Å². The molecule has 1 amide bonds. The summed E-state index contributed by atoms with van der Waals surface area (Å²) in [6.07, 6.45) is 1.82. The number of likely N-dealkylation sites (N-methyl/N-ethyl adjacent to an activating group) is 1. The summed E-state index contributed by atoms with van der Waals surface area (Å²) in [7, 11) is 3.96. The highest BCUT2D eigenvalue weighted by Gasteiger charge is 2.18. The summed E-state index contributed by atoms with van der Waals surface area (Å²) in [4.78, 5) is 16.5. The van der Waals surface area contributed by atoms with Crippen molar-refractivity contribution >= 4 is 5.91 Å². The molecule has 1 N–H and O–H groups in total. The van der Waals surface area contributed by atoms with Gasteiger partial charge in [-0.15, -0.1) is 0 Å². The van der Waals surface area contributed by atoms with E-state index in [4.69, 9.17) is 0 Å². The topological polar surface area (TPSA) is 53.4 Å². The Morgan fingerprint density at radius 2 is 2.04 bits per heavy atom. The molecule has 1 aliphatic rings. The molecule has 0 aliphatic carbocycles. The van der Waals surface area contributed by atoms with Crippen LogP contribution in [0.15, 0.2) is 30.5 Å². The number of amides is 1. The molecule has 0 spiro atoms. The second-order valence-corrected chi connectivity index (χ2v) is 6.80. The minimum atomic E-state index is 0.207. The van der Waals surface area contributed by atoms with Crippen LogP contribution in [0.3, 0.4) is 0 Å². The van der Waals surface area contributed by atoms with E-state index in [1.807, 2.05) is 35.9 Å². The fourth-order valence-corrected chi connectivity index (χ4v) is 3.30. The molecule has 1 aromatic carbocycles. The molecule has 1 aromatic heterocycles. The lowest BCUT2D eigenvalue weighted by atomic mass is 10.0. The number of piperazine rings is 1. The highest BCUT2D eigenvalue weighted by molar-refractivity contribution is 5.78. The predicted octanol–water partition coefficient (Wildman–Crippen LogP) is 1.26. The van der Waals surface area contributed by atoms with Crippen molar-refractivity contribution in [1.29, 1.82) is 0 Å². The third-order valence-electron chi connectivity index (χ3n) is 4.68.